The van der Waals surface area contributed by atoms with Gasteiger partial charge in [0.15, 0.2) is 0 Å². The van der Waals surface area contributed by atoms with Crippen LogP contribution in [0.3, 0.4) is 0 Å². The van der Waals surface area contributed by atoms with Crippen molar-refractivity contribution in [3.8, 4) is 0 Å². The van der Waals surface area contributed by atoms with Gasteiger partial charge in [0, 0.05) is 44.5 Å². The van der Waals surface area contributed by atoms with E-state index in [2.05, 4.69) is 0 Å². The minimum absolute atomic E-state index is 0.124. The first-order chi connectivity index (χ1) is 9.49. The zero-order valence-electron chi connectivity index (χ0n) is 12.7. The molecule has 1 aromatic rings. The van der Waals surface area contributed by atoms with Gasteiger partial charge < -0.3 is 15.5 Å². The average molecular weight is 275 g/mol. The summed E-state index contributed by atoms with van der Waals surface area (Å²) in [5.74, 6) is 0.545. The summed E-state index contributed by atoms with van der Waals surface area (Å²) < 4.78 is 0. The molecule has 4 heteroatoms. The van der Waals surface area contributed by atoms with Crippen LogP contribution < -0.4 is 10.6 Å². The summed E-state index contributed by atoms with van der Waals surface area (Å²) in [5, 5.41) is 0. The van der Waals surface area contributed by atoms with Gasteiger partial charge in [0.05, 0.1) is 0 Å². The molecular formula is C16H25N3O. The van der Waals surface area contributed by atoms with Crippen LogP contribution in [0, 0.1) is 5.92 Å². The molecule has 2 N–H and O–H groups in total. The Morgan fingerprint density at radius 1 is 1.45 bits per heavy atom. The predicted octanol–water partition coefficient (Wildman–Crippen LogP) is 1.95. The SMILES string of the molecule is CC(N)C1CCCN(C(=O)c2cccc(N(C)C)c2)C1. The van der Waals surface area contributed by atoms with E-state index >= 15 is 0 Å². The molecule has 20 heavy (non-hydrogen) atoms. The standard InChI is InChI=1S/C16H25N3O/c1-12(17)14-7-5-9-19(11-14)16(20)13-6-4-8-15(10-13)18(2)3/h4,6,8,10,12,14H,5,7,9,11,17H2,1-3H3. The van der Waals surface area contributed by atoms with Crippen LogP contribution in [0.25, 0.3) is 0 Å². The molecule has 0 spiro atoms. The van der Waals surface area contributed by atoms with Crippen molar-refractivity contribution >= 4 is 11.6 Å². The number of nitrogens with two attached hydrogens (primary N) is 1. The summed E-state index contributed by atoms with van der Waals surface area (Å²) in [6, 6.07) is 7.95. The first kappa shape index (κ1) is 14.9. The van der Waals surface area contributed by atoms with Crippen LogP contribution in [0.1, 0.15) is 30.1 Å². The number of likely N-dealkylation sites (tertiary alicyclic amines) is 1. The lowest BCUT2D eigenvalue weighted by atomic mass is 9.92. The Bertz CT molecular complexity index is 471. The third-order valence-electron chi connectivity index (χ3n) is 4.10. The van der Waals surface area contributed by atoms with E-state index in [-0.39, 0.29) is 11.9 Å². The van der Waals surface area contributed by atoms with E-state index in [1.807, 2.05) is 55.1 Å². The average Bonchev–Trinajstić information content (AvgIpc) is 2.46. The van der Waals surface area contributed by atoms with Gasteiger partial charge in [0.25, 0.3) is 5.91 Å². The largest absolute Gasteiger partial charge is 0.378 e. The topological polar surface area (TPSA) is 49.6 Å². The lowest BCUT2D eigenvalue weighted by Crippen LogP contribution is -2.45. The van der Waals surface area contributed by atoms with Crippen LogP contribution in [0.2, 0.25) is 0 Å². The monoisotopic (exact) mass is 275 g/mol. The Morgan fingerprint density at radius 2 is 2.20 bits per heavy atom. The van der Waals surface area contributed by atoms with Gasteiger partial charge in [-0.15, -0.1) is 0 Å². The molecule has 1 aromatic carbocycles. The second-order valence-electron chi connectivity index (χ2n) is 5.96. The first-order valence-corrected chi connectivity index (χ1v) is 7.31. The van der Waals surface area contributed by atoms with E-state index in [0.29, 0.717) is 5.92 Å². The molecule has 2 rings (SSSR count). The molecule has 4 nitrogen and oxygen atoms in total. The van der Waals surface area contributed by atoms with Gasteiger partial charge in [-0.25, -0.2) is 0 Å². The molecule has 0 saturated carbocycles. The minimum atomic E-state index is 0.124. The summed E-state index contributed by atoms with van der Waals surface area (Å²) in [7, 11) is 3.97. The molecule has 1 aliphatic heterocycles. The summed E-state index contributed by atoms with van der Waals surface area (Å²) in [6.07, 6.45) is 2.17. The Kier molecular flexibility index (Phi) is 4.65. The molecule has 1 saturated heterocycles. The number of carbonyl (C=O) groups excluding carboxylic acids is 1. The molecule has 1 aliphatic rings. The summed E-state index contributed by atoms with van der Waals surface area (Å²) in [4.78, 5) is 16.6. The number of amides is 1. The van der Waals surface area contributed by atoms with Crippen LogP contribution in [0.4, 0.5) is 5.69 Å². The highest BCUT2D eigenvalue weighted by Gasteiger charge is 2.26. The Hall–Kier alpha value is -1.55. The summed E-state index contributed by atoms with van der Waals surface area (Å²) in [5.41, 5.74) is 7.81. The molecular weight excluding hydrogens is 250 g/mol. The van der Waals surface area contributed by atoms with E-state index in [1.165, 1.54) is 0 Å². The van der Waals surface area contributed by atoms with Crippen molar-refractivity contribution in [2.75, 3.05) is 32.1 Å². The fraction of sp³-hybridized carbons (Fsp3) is 0.562. The number of benzene rings is 1. The van der Waals surface area contributed by atoms with E-state index in [9.17, 15) is 4.79 Å². The Labute approximate surface area is 121 Å². The molecule has 1 heterocycles. The molecule has 0 aliphatic carbocycles. The molecule has 0 aromatic heterocycles. The highest BCUT2D eigenvalue weighted by atomic mass is 16.2. The zero-order chi connectivity index (χ0) is 14.7. The number of hydrogen-bond donors (Lipinski definition) is 1. The van der Waals surface area contributed by atoms with Gasteiger partial charge in [-0.05, 0) is 43.9 Å². The maximum absolute atomic E-state index is 12.6. The van der Waals surface area contributed by atoms with Gasteiger partial charge >= 0.3 is 0 Å². The van der Waals surface area contributed by atoms with Crippen molar-refractivity contribution in [2.24, 2.45) is 11.7 Å². The lowest BCUT2D eigenvalue weighted by Gasteiger charge is -2.34. The molecule has 1 amide bonds. The van der Waals surface area contributed by atoms with Crippen LogP contribution in [-0.4, -0.2) is 44.0 Å². The number of hydrogen-bond acceptors (Lipinski definition) is 3. The third kappa shape index (κ3) is 3.31. The van der Waals surface area contributed by atoms with Crippen molar-refractivity contribution in [1.82, 2.24) is 4.90 Å². The minimum Gasteiger partial charge on any atom is -0.378 e. The highest BCUT2D eigenvalue weighted by molar-refractivity contribution is 5.95. The van der Waals surface area contributed by atoms with Gasteiger partial charge in [0.1, 0.15) is 0 Å². The summed E-state index contributed by atoms with van der Waals surface area (Å²) in [6.45, 7) is 3.66. The number of anilines is 1. The van der Waals surface area contributed by atoms with Crippen molar-refractivity contribution in [3.63, 3.8) is 0 Å². The maximum Gasteiger partial charge on any atom is 0.253 e. The number of piperidine rings is 1. The quantitative estimate of drug-likeness (QED) is 0.917. The van der Waals surface area contributed by atoms with Crippen molar-refractivity contribution in [2.45, 2.75) is 25.8 Å². The van der Waals surface area contributed by atoms with Crippen LogP contribution in [-0.2, 0) is 0 Å². The molecule has 0 radical (unpaired) electrons. The van der Waals surface area contributed by atoms with Gasteiger partial charge in [-0.2, -0.15) is 0 Å². The van der Waals surface area contributed by atoms with Crippen LogP contribution >= 0.6 is 0 Å². The van der Waals surface area contributed by atoms with Crippen molar-refractivity contribution in [1.29, 1.82) is 0 Å². The molecule has 1 fully saturated rings. The van der Waals surface area contributed by atoms with Crippen LogP contribution in [0.15, 0.2) is 24.3 Å². The lowest BCUT2D eigenvalue weighted by molar-refractivity contribution is 0.0661. The Morgan fingerprint density at radius 3 is 2.85 bits per heavy atom. The fourth-order valence-corrected chi connectivity index (χ4v) is 2.72. The van der Waals surface area contributed by atoms with E-state index < -0.39 is 0 Å². The van der Waals surface area contributed by atoms with Crippen molar-refractivity contribution in [3.05, 3.63) is 29.8 Å². The second kappa shape index (κ2) is 6.27. The number of carbonyl (C=O) groups is 1. The van der Waals surface area contributed by atoms with E-state index in [4.69, 9.17) is 5.73 Å². The fourth-order valence-electron chi connectivity index (χ4n) is 2.72. The van der Waals surface area contributed by atoms with Gasteiger partial charge in [0.2, 0.25) is 0 Å². The molecule has 0 bridgehead atoms. The van der Waals surface area contributed by atoms with Crippen LogP contribution in [0.5, 0.6) is 0 Å². The zero-order valence-corrected chi connectivity index (χ0v) is 12.7. The summed E-state index contributed by atoms with van der Waals surface area (Å²) >= 11 is 0. The molecule has 2 unspecified atom stereocenters. The normalized spacial score (nSPS) is 20.6. The highest BCUT2D eigenvalue weighted by Crippen LogP contribution is 2.22. The first-order valence-electron chi connectivity index (χ1n) is 7.31. The van der Waals surface area contributed by atoms with Crippen molar-refractivity contribution < 1.29 is 4.79 Å². The maximum atomic E-state index is 12.6. The number of nitrogens with zero attached hydrogens (tertiary/aromatic N) is 2. The third-order valence-corrected chi connectivity index (χ3v) is 4.10. The van der Waals surface area contributed by atoms with Gasteiger partial charge in [-0.1, -0.05) is 6.07 Å². The Balaban J connectivity index is 2.12. The van der Waals surface area contributed by atoms with Gasteiger partial charge in [-0.3, -0.25) is 4.79 Å². The smallest absolute Gasteiger partial charge is 0.253 e. The predicted molar refractivity (Wildman–Crippen MR) is 83.0 cm³/mol. The second-order valence-corrected chi connectivity index (χ2v) is 5.96. The van der Waals surface area contributed by atoms with E-state index in [0.717, 1.165) is 37.2 Å². The molecule has 2 atom stereocenters. The number of rotatable bonds is 3. The molecule has 110 valence electrons. The van der Waals surface area contributed by atoms with E-state index in [1.54, 1.807) is 0 Å².